The first-order chi connectivity index (χ1) is 10.1. The molecule has 2 aromatic carbocycles. The number of halogens is 1. The largest absolute Gasteiger partial charge is 0.490 e. The van der Waals surface area contributed by atoms with Gasteiger partial charge in [-0.2, -0.15) is 0 Å². The van der Waals surface area contributed by atoms with Crippen molar-refractivity contribution in [1.82, 2.24) is 0 Å². The molecule has 0 bridgehead atoms. The molecular weight excluding hydrogens is 271 g/mol. The Morgan fingerprint density at radius 3 is 2.62 bits per heavy atom. The maximum absolute atomic E-state index is 13.4. The maximum atomic E-state index is 13.4. The number of hydrogen-bond donors (Lipinski definition) is 1. The van der Waals surface area contributed by atoms with Gasteiger partial charge in [-0.15, -0.1) is 0 Å². The fourth-order valence-corrected chi connectivity index (χ4v) is 2.44. The smallest absolute Gasteiger partial charge is 0.161 e. The average molecular weight is 288 g/mol. The van der Waals surface area contributed by atoms with E-state index in [1.165, 1.54) is 12.1 Å². The van der Waals surface area contributed by atoms with Gasteiger partial charge in [0.05, 0.1) is 13.2 Å². The molecule has 4 heteroatoms. The lowest BCUT2D eigenvalue weighted by molar-refractivity contribution is 0.218. The molecule has 1 atom stereocenters. The number of fused-ring (bicyclic) bond motifs is 1. The summed E-state index contributed by atoms with van der Waals surface area (Å²) >= 11 is 0. The van der Waals surface area contributed by atoms with Gasteiger partial charge in [0, 0.05) is 6.42 Å². The number of aryl methyl sites for hydroxylation is 1. The Hall–Kier alpha value is -2.07. The van der Waals surface area contributed by atoms with E-state index in [4.69, 9.17) is 9.47 Å². The lowest BCUT2D eigenvalue weighted by Gasteiger charge is -2.16. The summed E-state index contributed by atoms with van der Waals surface area (Å²) in [7, 11) is 0. The zero-order valence-corrected chi connectivity index (χ0v) is 11.8. The predicted octanol–water partition coefficient (Wildman–Crippen LogP) is 3.38. The van der Waals surface area contributed by atoms with Crippen LogP contribution < -0.4 is 9.47 Å². The highest BCUT2D eigenvalue weighted by Crippen LogP contribution is 2.34. The van der Waals surface area contributed by atoms with Crippen molar-refractivity contribution in [3.8, 4) is 11.5 Å². The normalized spacial score (nSPS) is 15.4. The Kier molecular flexibility index (Phi) is 3.80. The molecule has 0 fully saturated rings. The van der Waals surface area contributed by atoms with E-state index in [2.05, 4.69) is 0 Å². The SMILES string of the molecule is Cc1ccc(F)cc1C(O)c1ccc2c(c1)OCCCO2. The van der Waals surface area contributed by atoms with Crippen LogP contribution in [0.15, 0.2) is 36.4 Å². The predicted molar refractivity (Wildman–Crippen MR) is 77.2 cm³/mol. The van der Waals surface area contributed by atoms with Crippen LogP contribution >= 0.6 is 0 Å². The van der Waals surface area contributed by atoms with Gasteiger partial charge < -0.3 is 14.6 Å². The van der Waals surface area contributed by atoms with E-state index in [0.717, 1.165) is 12.0 Å². The van der Waals surface area contributed by atoms with Crippen LogP contribution in [0.4, 0.5) is 4.39 Å². The molecule has 0 spiro atoms. The van der Waals surface area contributed by atoms with Crippen molar-refractivity contribution in [2.24, 2.45) is 0 Å². The van der Waals surface area contributed by atoms with Gasteiger partial charge in [-0.3, -0.25) is 0 Å². The number of aliphatic hydroxyl groups is 1. The van der Waals surface area contributed by atoms with Crippen LogP contribution in [0.1, 0.15) is 29.2 Å². The molecule has 3 rings (SSSR count). The van der Waals surface area contributed by atoms with Crippen molar-refractivity contribution in [3.63, 3.8) is 0 Å². The minimum atomic E-state index is -0.891. The summed E-state index contributed by atoms with van der Waals surface area (Å²) in [5.41, 5.74) is 2.06. The topological polar surface area (TPSA) is 38.7 Å². The Labute approximate surface area is 122 Å². The highest BCUT2D eigenvalue weighted by atomic mass is 19.1. The third-order valence-corrected chi connectivity index (χ3v) is 3.62. The second kappa shape index (κ2) is 5.74. The molecule has 1 unspecified atom stereocenters. The van der Waals surface area contributed by atoms with Crippen LogP contribution in [-0.2, 0) is 0 Å². The van der Waals surface area contributed by atoms with Crippen LogP contribution in [0.2, 0.25) is 0 Å². The minimum Gasteiger partial charge on any atom is -0.490 e. The number of benzene rings is 2. The fraction of sp³-hybridized carbons (Fsp3) is 0.294. The van der Waals surface area contributed by atoms with Crippen molar-refractivity contribution < 1.29 is 19.0 Å². The van der Waals surface area contributed by atoms with Crippen LogP contribution in [-0.4, -0.2) is 18.3 Å². The summed E-state index contributed by atoms with van der Waals surface area (Å²) in [5, 5.41) is 10.5. The molecule has 110 valence electrons. The Balaban J connectivity index is 1.96. The van der Waals surface area contributed by atoms with Crippen LogP contribution in [0, 0.1) is 12.7 Å². The second-order valence-electron chi connectivity index (χ2n) is 5.16. The van der Waals surface area contributed by atoms with Gasteiger partial charge in [0.25, 0.3) is 0 Å². The van der Waals surface area contributed by atoms with E-state index >= 15 is 0 Å². The number of aliphatic hydroxyl groups excluding tert-OH is 1. The highest BCUT2D eigenvalue weighted by molar-refractivity contribution is 5.46. The summed E-state index contributed by atoms with van der Waals surface area (Å²) in [5.74, 6) is 0.946. The van der Waals surface area contributed by atoms with E-state index in [1.54, 1.807) is 24.3 Å². The van der Waals surface area contributed by atoms with E-state index in [9.17, 15) is 9.50 Å². The average Bonchev–Trinajstić information content (AvgIpc) is 2.73. The third-order valence-electron chi connectivity index (χ3n) is 3.62. The van der Waals surface area contributed by atoms with Crippen molar-refractivity contribution in [2.45, 2.75) is 19.4 Å². The molecule has 1 aliphatic heterocycles. The molecule has 2 aromatic rings. The number of hydrogen-bond acceptors (Lipinski definition) is 3. The van der Waals surface area contributed by atoms with Gasteiger partial charge in [0.2, 0.25) is 0 Å². The molecular formula is C17H17FO3. The van der Waals surface area contributed by atoms with Gasteiger partial charge in [-0.1, -0.05) is 12.1 Å². The highest BCUT2D eigenvalue weighted by Gasteiger charge is 2.17. The first kappa shape index (κ1) is 13.9. The fourth-order valence-electron chi connectivity index (χ4n) is 2.44. The molecule has 1 heterocycles. The Bertz CT molecular complexity index is 654. The summed E-state index contributed by atoms with van der Waals surface area (Å²) in [6.07, 6.45) is -0.0619. The summed E-state index contributed by atoms with van der Waals surface area (Å²) in [6, 6.07) is 9.74. The van der Waals surface area contributed by atoms with E-state index in [1.807, 2.05) is 6.92 Å². The van der Waals surface area contributed by atoms with Crippen molar-refractivity contribution >= 4 is 0 Å². The third kappa shape index (κ3) is 2.85. The summed E-state index contributed by atoms with van der Waals surface area (Å²) < 4.78 is 24.6. The first-order valence-electron chi connectivity index (χ1n) is 6.99. The van der Waals surface area contributed by atoms with Gasteiger partial charge in [-0.25, -0.2) is 4.39 Å². The molecule has 21 heavy (non-hydrogen) atoms. The minimum absolute atomic E-state index is 0.357. The molecule has 0 aromatic heterocycles. The molecule has 1 N–H and O–H groups in total. The second-order valence-corrected chi connectivity index (χ2v) is 5.16. The maximum Gasteiger partial charge on any atom is 0.161 e. The zero-order chi connectivity index (χ0) is 14.8. The van der Waals surface area contributed by atoms with Gasteiger partial charge >= 0.3 is 0 Å². The molecule has 0 radical (unpaired) electrons. The quantitative estimate of drug-likeness (QED) is 0.920. The van der Waals surface area contributed by atoms with E-state index in [0.29, 0.717) is 35.8 Å². The van der Waals surface area contributed by atoms with E-state index < -0.39 is 6.10 Å². The van der Waals surface area contributed by atoms with Crippen LogP contribution in [0.25, 0.3) is 0 Å². The molecule has 0 amide bonds. The van der Waals surface area contributed by atoms with Gasteiger partial charge in [0.15, 0.2) is 11.5 Å². The molecule has 1 aliphatic rings. The lowest BCUT2D eigenvalue weighted by atomic mass is 9.97. The van der Waals surface area contributed by atoms with Crippen LogP contribution in [0.3, 0.4) is 0 Å². The van der Waals surface area contributed by atoms with Crippen LogP contribution in [0.5, 0.6) is 11.5 Å². The first-order valence-corrected chi connectivity index (χ1v) is 6.99. The molecule has 0 saturated heterocycles. The van der Waals surface area contributed by atoms with Crippen molar-refractivity contribution in [1.29, 1.82) is 0 Å². The Morgan fingerprint density at radius 1 is 1.05 bits per heavy atom. The number of ether oxygens (including phenoxy) is 2. The van der Waals surface area contributed by atoms with Gasteiger partial charge in [0.1, 0.15) is 11.9 Å². The lowest BCUT2D eigenvalue weighted by Crippen LogP contribution is -2.03. The summed E-state index contributed by atoms with van der Waals surface area (Å²) in [4.78, 5) is 0. The van der Waals surface area contributed by atoms with Crippen molar-refractivity contribution in [2.75, 3.05) is 13.2 Å². The van der Waals surface area contributed by atoms with E-state index in [-0.39, 0.29) is 5.82 Å². The van der Waals surface area contributed by atoms with Gasteiger partial charge in [-0.05, 0) is 47.9 Å². The number of rotatable bonds is 2. The Morgan fingerprint density at radius 2 is 1.81 bits per heavy atom. The monoisotopic (exact) mass is 288 g/mol. The molecule has 3 nitrogen and oxygen atoms in total. The standard InChI is InChI=1S/C17H17FO3/c1-11-3-5-13(18)10-14(11)17(19)12-4-6-15-16(9-12)21-8-2-7-20-15/h3-6,9-10,17,19H,2,7-8H2,1H3. The molecule has 0 saturated carbocycles. The summed E-state index contributed by atoms with van der Waals surface area (Å²) in [6.45, 7) is 3.06. The molecule has 0 aliphatic carbocycles. The zero-order valence-electron chi connectivity index (χ0n) is 11.8. The van der Waals surface area contributed by atoms with Crippen molar-refractivity contribution in [3.05, 3.63) is 58.9 Å².